The largest absolute Gasteiger partial charge is 0.371 e. The van der Waals surface area contributed by atoms with Gasteiger partial charge in [0.15, 0.2) is 0 Å². The van der Waals surface area contributed by atoms with Crippen molar-refractivity contribution in [2.24, 2.45) is 5.92 Å². The lowest BCUT2D eigenvalue weighted by atomic mass is 9.98. The Kier molecular flexibility index (Phi) is 5.36. The zero-order chi connectivity index (χ0) is 20.5. The molecule has 0 aromatic heterocycles. The quantitative estimate of drug-likeness (QED) is 0.523. The Hall–Kier alpha value is -2.74. The second-order valence-electron chi connectivity index (χ2n) is 8.01. The standard InChI is InChI=1S/C21H26N4O4/c1-2-3-8-22-10-13-11-24(12-13)14-4-5-15-16(9-14)21(29)25(20(15)28)17-6-7-18(26)23-19(17)27/h4-5,9,13,17,22H,2-3,6-8,10-12H2,1H3,(H,23,26,27). The van der Waals surface area contributed by atoms with Gasteiger partial charge in [0, 0.05) is 37.7 Å². The maximum Gasteiger partial charge on any atom is 0.262 e. The van der Waals surface area contributed by atoms with Crippen LogP contribution in [0.15, 0.2) is 18.2 Å². The topological polar surface area (TPSA) is 98.8 Å². The van der Waals surface area contributed by atoms with Gasteiger partial charge in [-0.3, -0.25) is 29.4 Å². The van der Waals surface area contributed by atoms with E-state index in [0.717, 1.165) is 36.8 Å². The first-order chi connectivity index (χ1) is 14.0. The number of amides is 4. The van der Waals surface area contributed by atoms with E-state index in [0.29, 0.717) is 17.0 Å². The van der Waals surface area contributed by atoms with Crippen molar-refractivity contribution in [1.29, 1.82) is 0 Å². The number of piperidine rings is 1. The Balaban J connectivity index is 1.42. The van der Waals surface area contributed by atoms with Gasteiger partial charge in [-0.15, -0.1) is 0 Å². The lowest BCUT2D eigenvalue weighted by Gasteiger charge is -2.41. The summed E-state index contributed by atoms with van der Waals surface area (Å²) in [5.41, 5.74) is 1.57. The van der Waals surface area contributed by atoms with E-state index in [1.807, 2.05) is 6.07 Å². The Morgan fingerprint density at radius 1 is 1.10 bits per heavy atom. The van der Waals surface area contributed by atoms with Gasteiger partial charge in [0.05, 0.1) is 11.1 Å². The minimum atomic E-state index is -0.925. The van der Waals surface area contributed by atoms with Crippen LogP contribution in [0.25, 0.3) is 0 Å². The van der Waals surface area contributed by atoms with Crippen LogP contribution in [0.3, 0.4) is 0 Å². The third-order valence-electron chi connectivity index (χ3n) is 5.89. The normalized spacial score (nSPS) is 22.0. The molecule has 3 aliphatic rings. The summed E-state index contributed by atoms with van der Waals surface area (Å²) in [6.07, 6.45) is 2.65. The highest BCUT2D eigenvalue weighted by atomic mass is 16.2. The van der Waals surface area contributed by atoms with Crippen LogP contribution >= 0.6 is 0 Å². The molecule has 4 rings (SSSR count). The van der Waals surface area contributed by atoms with Crippen LogP contribution in [-0.4, -0.2) is 60.7 Å². The monoisotopic (exact) mass is 398 g/mol. The molecule has 0 saturated carbocycles. The third kappa shape index (κ3) is 3.64. The first-order valence-electron chi connectivity index (χ1n) is 10.3. The van der Waals surface area contributed by atoms with Crippen molar-refractivity contribution in [3.8, 4) is 0 Å². The lowest BCUT2D eigenvalue weighted by Crippen LogP contribution is -2.54. The highest BCUT2D eigenvalue weighted by Gasteiger charge is 2.45. The number of rotatable bonds is 7. The summed E-state index contributed by atoms with van der Waals surface area (Å²) in [5, 5.41) is 5.68. The maximum atomic E-state index is 12.9. The first-order valence-corrected chi connectivity index (χ1v) is 10.3. The molecule has 0 spiro atoms. The van der Waals surface area contributed by atoms with E-state index in [1.165, 1.54) is 12.8 Å². The fraction of sp³-hybridized carbons (Fsp3) is 0.524. The average Bonchev–Trinajstić information content (AvgIpc) is 2.91. The van der Waals surface area contributed by atoms with Crippen molar-refractivity contribution in [2.75, 3.05) is 31.1 Å². The Bertz CT molecular complexity index is 862. The summed E-state index contributed by atoms with van der Waals surface area (Å²) in [6.45, 7) is 6.03. The number of unbranched alkanes of at least 4 members (excludes halogenated alkanes) is 1. The van der Waals surface area contributed by atoms with Crippen molar-refractivity contribution in [3.63, 3.8) is 0 Å². The summed E-state index contributed by atoms with van der Waals surface area (Å²) in [7, 11) is 0. The van der Waals surface area contributed by atoms with E-state index in [-0.39, 0.29) is 18.7 Å². The SMILES string of the molecule is CCCCNCC1CN(c2ccc3c(c2)C(=O)N(C2CCC(=O)NC2=O)C3=O)C1. The van der Waals surface area contributed by atoms with Crippen LogP contribution in [0.4, 0.5) is 5.69 Å². The number of anilines is 1. The van der Waals surface area contributed by atoms with Gasteiger partial charge in [0.25, 0.3) is 11.8 Å². The highest BCUT2D eigenvalue weighted by molar-refractivity contribution is 6.23. The smallest absolute Gasteiger partial charge is 0.262 e. The molecule has 2 N–H and O–H groups in total. The number of benzene rings is 1. The number of hydrogen-bond donors (Lipinski definition) is 2. The minimum Gasteiger partial charge on any atom is -0.371 e. The number of fused-ring (bicyclic) bond motifs is 1. The number of carbonyl (C=O) groups is 4. The Morgan fingerprint density at radius 2 is 1.86 bits per heavy atom. The molecule has 8 heteroatoms. The zero-order valence-electron chi connectivity index (χ0n) is 16.6. The summed E-state index contributed by atoms with van der Waals surface area (Å²) < 4.78 is 0. The van der Waals surface area contributed by atoms with Crippen molar-refractivity contribution >= 4 is 29.3 Å². The molecular formula is C21H26N4O4. The molecule has 3 aliphatic heterocycles. The lowest BCUT2D eigenvalue weighted by molar-refractivity contribution is -0.136. The molecule has 29 heavy (non-hydrogen) atoms. The number of nitrogens with zero attached hydrogens (tertiary/aromatic N) is 2. The van der Waals surface area contributed by atoms with Crippen molar-refractivity contribution in [2.45, 2.75) is 38.6 Å². The van der Waals surface area contributed by atoms with Gasteiger partial charge in [0.2, 0.25) is 11.8 Å². The highest BCUT2D eigenvalue weighted by Crippen LogP contribution is 2.32. The van der Waals surface area contributed by atoms with Gasteiger partial charge < -0.3 is 10.2 Å². The predicted octanol–water partition coefficient (Wildman–Crippen LogP) is 0.914. The zero-order valence-corrected chi connectivity index (χ0v) is 16.6. The van der Waals surface area contributed by atoms with E-state index in [9.17, 15) is 19.2 Å². The Morgan fingerprint density at radius 3 is 2.59 bits per heavy atom. The van der Waals surface area contributed by atoms with Crippen LogP contribution in [0.5, 0.6) is 0 Å². The minimum absolute atomic E-state index is 0.122. The van der Waals surface area contributed by atoms with E-state index < -0.39 is 23.8 Å². The fourth-order valence-electron chi connectivity index (χ4n) is 4.17. The Labute approximate surface area is 169 Å². The molecule has 1 unspecified atom stereocenters. The van der Waals surface area contributed by atoms with Gasteiger partial charge in [0.1, 0.15) is 6.04 Å². The van der Waals surface area contributed by atoms with Crippen molar-refractivity contribution in [3.05, 3.63) is 29.3 Å². The van der Waals surface area contributed by atoms with Crippen molar-refractivity contribution < 1.29 is 19.2 Å². The molecule has 154 valence electrons. The molecule has 0 aliphatic carbocycles. The van der Waals surface area contributed by atoms with E-state index in [1.54, 1.807) is 12.1 Å². The fourth-order valence-corrected chi connectivity index (χ4v) is 4.17. The van der Waals surface area contributed by atoms with Crippen LogP contribution in [0.1, 0.15) is 53.3 Å². The average molecular weight is 398 g/mol. The molecule has 0 bridgehead atoms. The van der Waals surface area contributed by atoms with Gasteiger partial charge in [-0.25, -0.2) is 0 Å². The molecule has 1 aromatic rings. The van der Waals surface area contributed by atoms with Gasteiger partial charge in [-0.2, -0.15) is 0 Å². The van der Waals surface area contributed by atoms with Crippen LogP contribution < -0.4 is 15.5 Å². The van der Waals surface area contributed by atoms with Crippen molar-refractivity contribution in [1.82, 2.24) is 15.5 Å². The number of hydrogen-bond acceptors (Lipinski definition) is 6. The van der Waals surface area contributed by atoms with Gasteiger partial charge in [-0.05, 0) is 37.6 Å². The molecule has 2 saturated heterocycles. The van der Waals surface area contributed by atoms with Gasteiger partial charge in [-0.1, -0.05) is 13.3 Å². The third-order valence-corrected chi connectivity index (χ3v) is 5.89. The van der Waals surface area contributed by atoms with E-state index in [4.69, 9.17) is 0 Å². The molecule has 8 nitrogen and oxygen atoms in total. The second-order valence-corrected chi connectivity index (χ2v) is 8.01. The molecule has 1 aromatic carbocycles. The summed E-state index contributed by atoms with van der Waals surface area (Å²) in [4.78, 5) is 52.3. The summed E-state index contributed by atoms with van der Waals surface area (Å²) in [5.74, 6) is -1.30. The molecular weight excluding hydrogens is 372 g/mol. The number of carbonyl (C=O) groups excluding carboxylic acids is 4. The number of nitrogens with one attached hydrogen (secondary N) is 2. The molecule has 2 fully saturated rings. The van der Waals surface area contributed by atoms with E-state index >= 15 is 0 Å². The van der Waals surface area contributed by atoms with E-state index in [2.05, 4.69) is 22.5 Å². The number of imide groups is 2. The first kappa shape index (κ1) is 19.6. The summed E-state index contributed by atoms with van der Waals surface area (Å²) in [6, 6.07) is 4.36. The summed E-state index contributed by atoms with van der Waals surface area (Å²) >= 11 is 0. The van der Waals surface area contributed by atoms with Crippen LogP contribution in [0.2, 0.25) is 0 Å². The molecule has 4 amide bonds. The van der Waals surface area contributed by atoms with Crippen LogP contribution in [-0.2, 0) is 9.59 Å². The van der Waals surface area contributed by atoms with Crippen LogP contribution in [0, 0.1) is 5.92 Å². The maximum absolute atomic E-state index is 12.9. The van der Waals surface area contributed by atoms with Gasteiger partial charge >= 0.3 is 0 Å². The molecule has 0 radical (unpaired) electrons. The predicted molar refractivity (Wildman–Crippen MR) is 107 cm³/mol. The molecule has 3 heterocycles. The molecule has 1 atom stereocenters. The second kappa shape index (κ2) is 7.94.